The number of ether oxygens (including phenoxy) is 2. The minimum absolute atomic E-state index is 0.0101. The minimum Gasteiger partial charge on any atom is -0.384 e. The van der Waals surface area contributed by atoms with E-state index < -0.39 is 23.8 Å². The number of aryl methyl sites for hydroxylation is 1. The molecule has 1 saturated heterocycles. The number of pyridine rings is 1. The molecule has 334 valence electrons. The third-order valence-corrected chi connectivity index (χ3v) is 11.7. The van der Waals surface area contributed by atoms with E-state index in [0.29, 0.717) is 99.7 Å². The molecule has 2 unspecified atom stereocenters. The van der Waals surface area contributed by atoms with Gasteiger partial charge in [-0.15, -0.1) is 0 Å². The number of anilines is 1. The van der Waals surface area contributed by atoms with Crippen LogP contribution >= 0.6 is 0 Å². The van der Waals surface area contributed by atoms with Gasteiger partial charge in [0.1, 0.15) is 11.9 Å². The van der Waals surface area contributed by atoms with Crippen molar-refractivity contribution in [3.8, 4) is 11.1 Å². The molecule has 0 bridgehead atoms. The van der Waals surface area contributed by atoms with Gasteiger partial charge in [0.2, 0.25) is 11.8 Å². The largest absolute Gasteiger partial charge is 0.384 e. The van der Waals surface area contributed by atoms with Crippen LogP contribution in [0.2, 0.25) is 0 Å². The number of aromatic nitrogens is 5. The van der Waals surface area contributed by atoms with Crippen molar-refractivity contribution in [2.24, 2.45) is 0 Å². The van der Waals surface area contributed by atoms with Gasteiger partial charge in [-0.05, 0) is 68.0 Å². The van der Waals surface area contributed by atoms with Crippen molar-refractivity contribution >= 4 is 46.4 Å². The summed E-state index contributed by atoms with van der Waals surface area (Å²) in [5, 5.41) is 11.9. The molecule has 5 N–H and O–H groups in total. The number of hydrogen-bond donors (Lipinski definition) is 5. The predicted octanol–water partition coefficient (Wildman–Crippen LogP) is 3.54. The SMILES string of the molecule is C=C1CCC(N2C(=O)c3cccc(NCCCCCC(=O)NCCOCCOCCn4c(=O)[nH]c5ncc(-c6cccc(C(=O)NC7CCn8ccnc8C7)c6)cc54)c3C2=O)C(=O)N1. The summed E-state index contributed by atoms with van der Waals surface area (Å²) in [6.45, 7) is 7.01. The van der Waals surface area contributed by atoms with Crippen LogP contribution in [0.4, 0.5) is 5.69 Å². The maximum absolute atomic E-state index is 13.3. The smallest absolute Gasteiger partial charge is 0.327 e. The van der Waals surface area contributed by atoms with Crippen LogP contribution in [0.15, 0.2) is 84.2 Å². The molecular formula is C46H52N10O8. The number of amides is 5. The van der Waals surface area contributed by atoms with Crippen molar-refractivity contribution in [3.05, 3.63) is 112 Å². The number of carbonyl (C=O) groups excluding carboxylic acids is 5. The molecule has 0 saturated carbocycles. The van der Waals surface area contributed by atoms with E-state index >= 15 is 0 Å². The lowest BCUT2D eigenvalue weighted by Gasteiger charge is -2.29. The molecular weight excluding hydrogens is 821 g/mol. The van der Waals surface area contributed by atoms with E-state index in [9.17, 15) is 28.8 Å². The number of carbonyl (C=O) groups is 5. The first-order valence-corrected chi connectivity index (χ1v) is 21.8. The van der Waals surface area contributed by atoms with Gasteiger partial charge in [0.05, 0.1) is 49.6 Å². The third kappa shape index (κ3) is 9.97. The highest BCUT2D eigenvalue weighted by Gasteiger charge is 2.45. The molecule has 2 aromatic carbocycles. The minimum atomic E-state index is -0.866. The van der Waals surface area contributed by atoms with Crippen LogP contribution in [0.1, 0.15) is 81.8 Å². The van der Waals surface area contributed by atoms with Crippen LogP contribution in [0, 0.1) is 0 Å². The average Bonchev–Trinajstić information content (AvgIpc) is 3.97. The second-order valence-corrected chi connectivity index (χ2v) is 16.1. The molecule has 0 spiro atoms. The fourth-order valence-electron chi connectivity index (χ4n) is 8.38. The van der Waals surface area contributed by atoms with Crippen LogP contribution in [0.25, 0.3) is 22.3 Å². The Labute approximate surface area is 368 Å². The van der Waals surface area contributed by atoms with Crippen LogP contribution in [-0.2, 0) is 38.6 Å². The van der Waals surface area contributed by atoms with Gasteiger partial charge in [0, 0.05) is 79.6 Å². The lowest BCUT2D eigenvalue weighted by Crippen LogP contribution is -2.51. The molecule has 3 aliphatic rings. The first-order chi connectivity index (χ1) is 31.1. The Morgan fingerprint density at radius 2 is 1.73 bits per heavy atom. The Balaban J connectivity index is 0.691. The zero-order valence-corrected chi connectivity index (χ0v) is 35.5. The molecule has 8 rings (SSSR count). The average molecular weight is 873 g/mol. The van der Waals surface area contributed by atoms with Crippen LogP contribution in [0.3, 0.4) is 0 Å². The monoisotopic (exact) mass is 872 g/mol. The number of benzene rings is 2. The zero-order chi connectivity index (χ0) is 44.6. The van der Waals surface area contributed by atoms with Crippen molar-refractivity contribution in [1.29, 1.82) is 0 Å². The molecule has 2 atom stereocenters. The summed E-state index contributed by atoms with van der Waals surface area (Å²) in [5.74, 6) is -0.608. The fourth-order valence-corrected chi connectivity index (χ4v) is 8.38. The molecule has 1 fully saturated rings. The molecule has 3 aliphatic heterocycles. The second kappa shape index (κ2) is 20.1. The molecule has 0 aliphatic carbocycles. The summed E-state index contributed by atoms with van der Waals surface area (Å²) in [6.07, 6.45) is 10.4. The van der Waals surface area contributed by atoms with Crippen LogP contribution < -0.4 is 27.0 Å². The quantitative estimate of drug-likeness (QED) is 0.0562. The first-order valence-electron chi connectivity index (χ1n) is 21.8. The summed E-state index contributed by atoms with van der Waals surface area (Å²) in [7, 11) is 0. The summed E-state index contributed by atoms with van der Waals surface area (Å²) < 4.78 is 15.0. The number of piperidine rings is 1. The van der Waals surface area contributed by atoms with E-state index in [1.54, 1.807) is 41.2 Å². The molecule has 5 aromatic rings. The van der Waals surface area contributed by atoms with E-state index in [2.05, 4.69) is 47.4 Å². The number of imide groups is 1. The van der Waals surface area contributed by atoms with Gasteiger partial charge in [-0.3, -0.25) is 38.4 Å². The summed E-state index contributed by atoms with van der Waals surface area (Å²) >= 11 is 0. The Morgan fingerprint density at radius 3 is 2.59 bits per heavy atom. The standard InChI is InChI=1S/C46H52N10O8/c1-29-12-13-36(43(59)51-29)56-44(60)34-9-6-10-35(40(34)45(56)61)47-15-4-2-3-11-39(57)49-17-21-63-23-24-64-22-20-55-37-26-32(28-50-41(37)53-46(55)62)30-7-5-8-31(25-30)42(58)52-33-14-18-54-19-16-48-38(54)27-33/h5-10,16,19,25-26,28,33,36,47H,1-4,11-15,17-18,20-24,27H2,(H,49,57)(H,51,59)(H,52,58)(H,50,53,62). The van der Waals surface area contributed by atoms with Gasteiger partial charge in [-0.1, -0.05) is 31.2 Å². The maximum atomic E-state index is 13.3. The molecule has 18 heteroatoms. The van der Waals surface area contributed by atoms with Gasteiger partial charge in [0.25, 0.3) is 17.7 Å². The lowest BCUT2D eigenvalue weighted by atomic mass is 10.0. The number of unbranched alkanes of at least 4 members (excludes halogenated alkanes) is 2. The van der Waals surface area contributed by atoms with E-state index in [1.165, 1.54) is 0 Å². The lowest BCUT2D eigenvalue weighted by molar-refractivity contribution is -0.125. The topological polar surface area (TPSA) is 224 Å². The number of fused-ring (bicyclic) bond motifs is 3. The molecule has 18 nitrogen and oxygen atoms in total. The van der Waals surface area contributed by atoms with Crippen LogP contribution in [-0.4, -0.2) is 110 Å². The van der Waals surface area contributed by atoms with Crippen molar-refractivity contribution < 1.29 is 33.4 Å². The van der Waals surface area contributed by atoms with E-state index in [0.717, 1.165) is 47.7 Å². The Morgan fingerprint density at radius 1 is 0.891 bits per heavy atom. The van der Waals surface area contributed by atoms with Gasteiger partial charge >= 0.3 is 5.69 Å². The van der Waals surface area contributed by atoms with Crippen molar-refractivity contribution in [3.63, 3.8) is 0 Å². The van der Waals surface area contributed by atoms with E-state index in [-0.39, 0.29) is 41.3 Å². The van der Waals surface area contributed by atoms with Gasteiger partial charge in [-0.25, -0.2) is 14.8 Å². The molecule has 0 radical (unpaired) electrons. The summed E-state index contributed by atoms with van der Waals surface area (Å²) in [6, 6.07) is 13.4. The highest BCUT2D eigenvalue weighted by molar-refractivity contribution is 6.25. The van der Waals surface area contributed by atoms with Gasteiger partial charge in [-0.2, -0.15) is 0 Å². The van der Waals surface area contributed by atoms with Gasteiger partial charge in [0.15, 0.2) is 5.65 Å². The zero-order valence-electron chi connectivity index (χ0n) is 35.5. The summed E-state index contributed by atoms with van der Waals surface area (Å²) in [5.41, 5.74) is 4.57. The molecule has 3 aromatic heterocycles. The normalized spacial score (nSPS) is 17.0. The number of allylic oxidation sites excluding steroid dienone is 1. The molecule has 6 heterocycles. The van der Waals surface area contributed by atoms with Crippen molar-refractivity contribution in [2.75, 3.05) is 44.8 Å². The van der Waals surface area contributed by atoms with Crippen molar-refractivity contribution in [2.45, 2.75) is 76.5 Å². The van der Waals surface area contributed by atoms with E-state index in [1.807, 2.05) is 30.5 Å². The van der Waals surface area contributed by atoms with Gasteiger partial charge < -0.3 is 35.3 Å². The predicted molar refractivity (Wildman–Crippen MR) is 236 cm³/mol. The summed E-state index contributed by atoms with van der Waals surface area (Å²) in [4.78, 5) is 90.1. The highest BCUT2D eigenvalue weighted by Crippen LogP contribution is 2.33. The number of imidazole rings is 2. The number of rotatable bonds is 20. The number of nitrogens with one attached hydrogen (secondary N) is 5. The van der Waals surface area contributed by atoms with Crippen molar-refractivity contribution in [1.82, 2.24) is 44.9 Å². The Bertz CT molecular complexity index is 2630. The number of H-pyrrole nitrogens is 1. The third-order valence-electron chi connectivity index (χ3n) is 11.7. The van der Waals surface area contributed by atoms with E-state index in [4.69, 9.17) is 9.47 Å². The highest BCUT2D eigenvalue weighted by atomic mass is 16.5. The number of nitrogens with zero attached hydrogens (tertiary/aromatic N) is 5. The molecule has 64 heavy (non-hydrogen) atoms. The molecule has 5 amide bonds. The maximum Gasteiger partial charge on any atom is 0.327 e. The van der Waals surface area contributed by atoms with Crippen LogP contribution in [0.5, 0.6) is 0 Å². The Hall–Kier alpha value is -6.92. The fraction of sp³-hybridized carbons (Fsp3) is 0.391. The number of hydrogen-bond acceptors (Lipinski definition) is 11. The number of aromatic amines is 1. The first kappa shape index (κ1) is 43.7. The Kier molecular flexibility index (Phi) is 13.7. The second-order valence-electron chi connectivity index (χ2n) is 16.1.